The Balaban J connectivity index is 1.33. The number of hydrogen-bond donors (Lipinski definition) is 2. The number of aromatic nitrogens is 1. The van der Waals surface area contributed by atoms with E-state index in [0.29, 0.717) is 12.3 Å². The first-order valence-corrected chi connectivity index (χ1v) is 14.3. The predicted octanol–water partition coefficient (Wildman–Crippen LogP) is 7.72. The zero-order valence-electron chi connectivity index (χ0n) is 24.5. The van der Waals surface area contributed by atoms with Crippen LogP contribution >= 0.6 is 0 Å². The van der Waals surface area contributed by atoms with E-state index in [9.17, 15) is 9.90 Å². The fourth-order valence-corrected chi connectivity index (χ4v) is 5.00. The second-order valence-corrected chi connectivity index (χ2v) is 11.2. The number of benzene rings is 1. The summed E-state index contributed by atoms with van der Waals surface area (Å²) in [5.74, 6) is 1.28. The van der Waals surface area contributed by atoms with Crippen molar-refractivity contribution in [2.75, 3.05) is 6.54 Å². The topological polar surface area (TPSA) is 71.5 Å². The van der Waals surface area contributed by atoms with Crippen molar-refractivity contribution in [1.29, 1.82) is 0 Å². The summed E-state index contributed by atoms with van der Waals surface area (Å²) in [6.45, 7) is 11.1. The van der Waals surface area contributed by atoms with Gasteiger partial charge in [-0.2, -0.15) is 0 Å². The molecule has 3 rings (SSSR count). The number of fused-ring (bicyclic) bond motifs is 1. The quantitative estimate of drug-likeness (QED) is 0.205. The third kappa shape index (κ3) is 10.0. The fraction of sp³-hybridized carbons (Fsp3) is 0.471. The summed E-state index contributed by atoms with van der Waals surface area (Å²) in [7, 11) is 0. The lowest BCUT2D eigenvalue weighted by Crippen LogP contribution is -2.36. The molecule has 0 radical (unpaired) electrons. The molecule has 39 heavy (non-hydrogen) atoms. The third-order valence-corrected chi connectivity index (χ3v) is 7.55. The van der Waals surface area contributed by atoms with Crippen molar-refractivity contribution >= 4 is 5.91 Å². The number of aryl methyl sites for hydroxylation is 2. The van der Waals surface area contributed by atoms with Gasteiger partial charge in [0.25, 0.3) is 0 Å². The van der Waals surface area contributed by atoms with Gasteiger partial charge in [0.05, 0.1) is 0 Å². The molecule has 2 N–H and O–H groups in total. The molecule has 1 aliphatic heterocycles. The largest absolute Gasteiger partial charge is 0.508 e. The van der Waals surface area contributed by atoms with Crippen molar-refractivity contribution in [3.05, 3.63) is 88.3 Å². The number of ether oxygens (including phenoxy) is 1. The van der Waals surface area contributed by atoms with Gasteiger partial charge >= 0.3 is 0 Å². The summed E-state index contributed by atoms with van der Waals surface area (Å²) in [4.78, 5) is 16.6. The lowest BCUT2D eigenvalue weighted by atomic mass is 9.87. The molecule has 2 aromatic rings. The van der Waals surface area contributed by atoms with E-state index in [1.807, 2.05) is 44.2 Å². The predicted molar refractivity (Wildman–Crippen MR) is 160 cm³/mol. The minimum Gasteiger partial charge on any atom is -0.508 e. The molecule has 1 aromatic heterocycles. The summed E-state index contributed by atoms with van der Waals surface area (Å²) in [5.41, 5.74) is 6.50. The maximum atomic E-state index is 12.3. The van der Waals surface area contributed by atoms with Gasteiger partial charge in [-0.3, -0.25) is 9.78 Å². The van der Waals surface area contributed by atoms with Crippen molar-refractivity contribution < 1.29 is 14.6 Å². The zero-order chi connectivity index (χ0) is 28.3. The van der Waals surface area contributed by atoms with Gasteiger partial charge in [0.15, 0.2) is 0 Å². The number of allylic oxidation sites excluding steroid dienone is 5. The highest BCUT2D eigenvalue weighted by Crippen LogP contribution is 2.39. The van der Waals surface area contributed by atoms with Crippen molar-refractivity contribution in [2.45, 2.75) is 98.0 Å². The number of carbonyl (C=O) groups excluding carboxylic acids is 1. The van der Waals surface area contributed by atoms with Crippen LogP contribution in [0.5, 0.6) is 11.5 Å². The maximum absolute atomic E-state index is 12.3. The molecule has 210 valence electrons. The molecule has 0 spiro atoms. The summed E-state index contributed by atoms with van der Waals surface area (Å²) in [5, 5.41) is 12.8. The second kappa shape index (κ2) is 14.7. The van der Waals surface area contributed by atoms with Crippen LogP contribution in [-0.4, -0.2) is 28.1 Å². The van der Waals surface area contributed by atoms with E-state index in [-0.39, 0.29) is 11.5 Å². The molecular weight excluding hydrogens is 484 g/mol. The van der Waals surface area contributed by atoms with Gasteiger partial charge in [-0.25, -0.2) is 0 Å². The number of amides is 1. The van der Waals surface area contributed by atoms with Gasteiger partial charge in [0.2, 0.25) is 5.91 Å². The number of phenols is 1. The average Bonchev–Trinajstić information content (AvgIpc) is 2.89. The number of nitrogens with zero attached hydrogens (tertiary/aromatic N) is 1. The van der Waals surface area contributed by atoms with Gasteiger partial charge < -0.3 is 15.2 Å². The lowest BCUT2D eigenvalue weighted by Gasteiger charge is -2.36. The van der Waals surface area contributed by atoms with Crippen molar-refractivity contribution in [3.63, 3.8) is 0 Å². The Morgan fingerprint density at radius 2 is 1.79 bits per heavy atom. The minimum atomic E-state index is -0.163. The van der Waals surface area contributed by atoms with Crippen molar-refractivity contribution in [1.82, 2.24) is 10.3 Å². The standard InChI is InChI=1S/C34H46N2O3/c1-25(13-9-15-27(3)33(38)36-22-18-30-16-6-7-21-35-30)11-8-12-26(2)14-10-19-34(5)20-17-29-24-31(37)23-28(4)32(29)39-34/h6-7,11,14-16,21,23-24,37H,8-10,12-13,17-20,22H2,1-5H3,(H,36,38)/b25-11+,26-14+,27-15+. The Kier molecular flexibility index (Phi) is 11.4. The molecule has 1 atom stereocenters. The molecule has 1 aliphatic rings. The molecule has 1 amide bonds. The fourth-order valence-electron chi connectivity index (χ4n) is 5.00. The van der Waals surface area contributed by atoms with E-state index in [4.69, 9.17) is 4.74 Å². The third-order valence-electron chi connectivity index (χ3n) is 7.55. The molecule has 5 nitrogen and oxygen atoms in total. The van der Waals surface area contributed by atoms with Gasteiger partial charge in [-0.1, -0.05) is 35.4 Å². The van der Waals surface area contributed by atoms with Gasteiger partial charge in [-0.15, -0.1) is 0 Å². The minimum absolute atomic E-state index is 0.000507. The monoisotopic (exact) mass is 530 g/mol. The number of rotatable bonds is 13. The summed E-state index contributed by atoms with van der Waals surface area (Å²) in [6.07, 6.45) is 17.1. The first-order valence-electron chi connectivity index (χ1n) is 14.3. The highest BCUT2D eigenvalue weighted by Gasteiger charge is 2.32. The molecule has 0 bridgehead atoms. The van der Waals surface area contributed by atoms with E-state index in [0.717, 1.165) is 85.9 Å². The first kappa shape index (κ1) is 30.2. The maximum Gasteiger partial charge on any atom is 0.246 e. The normalized spacial score (nSPS) is 17.9. The summed E-state index contributed by atoms with van der Waals surface area (Å²) in [6, 6.07) is 9.45. The number of aromatic hydroxyl groups is 1. The van der Waals surface area contributed by atoms with Crippen molar-refractivity contribution in [3.8, 4) is 11.5 Å². The van der Waals surface area contributed by atoms with Gasteiger partial charge in [0.1, 0.15) is 17.1 Å². The van der Waals surface area contributed by atoms with Crippen LogP contribution in [0, 0.1) is 6.92 Å². The highest BCUT2D eigenvalue weighted by atomic mass is 16.5. The Morgan fingerprint density at radius 1 is 1.08 bits per heavy atom. The average molecular weight is 531 g/mol. The number of hydrogen-bond acceptors (Lipinski definition) is 4. The van der Waals surface area contributed by atoms with Crippen LogP contribution in [0.15, 0.2) is 71.5 Å². The van der Waals surface area contributed by atoms with Crippen LogP contribution < -0.4 is 10.1 Å². The second-order valence-electron chi connectivity index (χ2n) is 11.2. The summed E-state index contributed by atoms with van der Waals surface area (Å²) < 4.78 is 6.42. The van der Waals surface area contributed by atoms with Crippen LogP contribution in [0.25, 0.3) is 0 Å². The molecule has 1 unspecified atom stereocenters. The summed E-state index contributed by atoms with van der Waals surface area (Å²) >= 11 is 0. The van der Waals surface area contributed by atoms with Crippen LogP contribution in [0.4, 0.5) is 0 Å². The molecular formula is C34H46N2O3. The number of pyridine rings is 1. The number of phenolic OH excluding ortho intramolecular Hbond substituents is 1. The van der Waals surface area contributed by atoms with Gasteiger partial charge in [0, 0.05) is 30.4 Å². The van der Waals surface area contributed by atoms with Crippen LogP contribution in [0.2, 0.25) is 0 Å². The molecule has 0 saturated heterocycles. The van der Waals surface area contributed by atoms with Gasteiger partial charge in [-0.05, 0) is 121 Å². The number of carbonyl (C=O) groups is 1. The molecule has 5 heteroatoms. The molecule has 0 aliphatic carbocycles. The molecule has 0 fully saturated rings. The Bertz CT molecular complexity index is 1200. The van der Waals surface area contributed by atoms with E-state index in [2.05, 4.69) is 43.2 Å². The lowest BCUT2D eigenvalue weighted by molar-refractivity contribution is -0.117. The van der Waals surface area contributed by atoms with E-state index in [1.54, 1.807) is 12.3 Å². The Hall–Kier alpha value is -3.34. The Morgan fingerprint density at radius 3 is 2.51 bits per heavy atom. The number of nitrogens with one attached hydrogen (secondary N) is 1. The zero-order valence-corrected chi connectivity index (χ0v) is 24.5. The van der Waals surface area contributed by atoms with Crippen LogP contribution in [0.1, 0.15) is 89.5 Å². The van der Waals surface area contributed by atoms with E-state index >= 15 is 0 Å². The molecule has 0 saturated carbocycles. The smallest absolute Gasteiger partial charge is 0.246 e. The van der Waals surface area contributed by atoms with Crippen LogP contribution in [0.3, 0.4) is 0 Å². The first-order chi connectivity index (χ1) is 18.6. The molecule has 2 heterocycles. The van der Waals surface area contributed by atoms with Crippen molar-refractivity contribution in [2.24, 2.45) is 0 Å². The van der Waals surface area contributed by atoms with E-state index in [1.165, 1.54) is 11.1 Å². The molecule has 1 aromatic carbocycles. The SMILES string of the molecule is C/C(=C\CC/C(C)=C/CCC1(C)CCc2cc(O)cc(C)c2O1)CC/C=C(\C)C(=O)NCCc1ccccn1. The van der Waals surface area contributed by atoms with E-state index < -0.39 is 0 Å². The highest BCUT2D eigenvalue weighted by molar-refractivity contribution is 5.92. The van der Waals surface area contributed by atoms with Crippen LogP contribution in [-0.2, 0) is 17.6 Å². The Labute approximate surface area is 235 Å².